The smallest absolute Gasteiger partial charge is 0.274 e. The van der Waals surface area contributed by atoms with E-state index in [0.29, 0.717) is 17.3 Å². The number of carbonyl (C=O) groups is 1. The number of rotatable bonds is 4. The number of imidazole rings is 1. The minimum Gasteiger partial charge on any atom is -0.340 e. The second-order valence-corrected chi connectivity index (χ2v) is 6.58. The van der Waals surface area contributed by atoms with Gasteiger partial charge in [-0.3, -0.25) is 4.79 Å². The third kappa shape index (κ3) is 4.08. The normalized spacial score (nSPS) is 11.0. The number of amides is 1. The van der Waals surface area contributed by atoms with E-state index in [9.17, 15) is 4.79 Å². The fourth-order valence-electron chi connectivity index (χ4n) is 2.06. The first-order valence-electron chi connectivity index (χ1n) is 6.60. The number of hydrogen-bond acceptors (Lipinski definition) is 2. The van der Waals surface area contributed by atoms with Gasteiger partial charge in [0.1, 0.15) is 5.69 Å². The molecule has 0 bridgehead atoms. The molecule has 2 aromatic rings. The summed E-state index contributed by atoms with van der Waals surface area (Å²) >= 11 is 9.49. The van der Waals surface area contributed by atoms with Crippen molar-refractivity contribution < 1.29 is 4.79 Å². The molecular weight excluding hydrogens is 354 g/mol. The SMILES string of the molecule is CC(C)N(Cc1cc(Cl)cc(Br)c1)C(=O)c1cn(C)cn1. The van der Waals surface area contributed by atoms with Gasteiger partial charge in [0, 0.05) is 35.3 Å². The first-order valence-corrected chi connectivity index (χ1v) is 7.78. The molecule has 0 saturated heterocycles. The number of aryl methyl sites for hydroxylation is 1. The number of hydrogen-bond donors (Lipinski definition) is 0. The standard InChI is InChI=1S/C15H17BrClN3O/c1-10(2)20(15(21)14-8-19(3)9-18-14)7-11-4-12(16)6-13(17)5-11/h4-6,8-10H,7H2,1-3H3. The van der Waals surface area contributed by atoms with Gasteiger partial charge in [-0.1, -0.05) is 27.5 Å². The Balaban J connectivity index is 2.25. The fourth-order valence-corrected chi connectivity index (χ4v) is 2.99. The Morgan fingerprint density at radius 3 is 2.67 bits per heavy atom. The van der Waals surface area contributed by atoms with E-state index in [4.69, 9.17) is 11.6 Å². The third-order valence-corrected chi connectivity index (χ3v) is 3.76. The molecule has 21 heavy (non-hydrogen) atoms. The molecule has 2 rings (SSSR count). The third-order valence-electron chi connectivity index (χ3n) is 3.08. The highest BCUT2D eigenvalue weighted by Gasteiger charge is 2.21. The van der Waals surface area contributed by atoms with Crippen LogP contribution in [0.15, 0.2) is 35.2 Å². The molecule has 4 nitrogen and oxygen atoms in total. The van der Waals surface area contributed by atoms with Gasteiger partial charge in [0.05, 0.1) is 6.33 Å². The van der Waals surface area contributed by atoms with Gasteiger partial charge in [0.2, 0.25) is 0 Å². The number of aromatic nitrogens is 2. The summed E-state index contributed by atoms with van der Waals surface area (Å²) in [5.74, 6) is -0.0818. The Morgan fingerprint density at radius 1 is 1.43 bits per heavy atom. The minimum atomic E-state index is -0.0818. The highest BCUT2D eigenvalue weighted by molar-refractivity contribution is 9.10. The second kappa shape index (κ2) is 6.62. The average molecular weight is 371 g/mol. The molecule has 0 atom stereocenters. The highest BCUT2D eigenvalue weighted by Crippen LogP contribution is 2.22. The van der Waals surface area contributed by atoms with Crippen LogP contribution < -0.4 is 0 Å². The van der Waals surface area contributed by atoms with Gasteiger partial charge < -0.3 is 9.47 Å². The van der Waals surface area contributed by atoms with Gasteiger partial charge >= 0.3 is 0 Å². The van der Waals surface area contributed by atoms with Crippen LogP contribution in [0.4, 0.5) is 0 Å². The van der Waals surface area contributed by atoms with E-state index in [0.717, 1.165) is 10.0 Å². The van der Waals surface area contributed by atoms with Crippen molar-refractivity contribution in [1.29, 1.82) is 0 Å². The van der Waals surface area contributed by atoms with Crippen molar-refractivity contribution >= 4 is 33.4 Å². The molecule has 112 valence electrons. The Morgan fingerprint density at radius 2 is 2.14 bits per heavy atom. The zero-order valence-electron chi connectivity index (χ0n) is 12.2. The lowest BCUT2D eigenvalue weighted by molar-refractivity contribution is 0.0684. The molecule has 0 radical (unpaired) electrons. The van der Waals surface area contributed by atoms with Crippen molar-refractivity contribution in [3.63, 3.8) is 0 Å². The molecule has 1 aromatic carbocycles. The second-order valence-electron chi connectivity index (χ2n) is 5.23. The lowest BCUT2D eigenvalue weighted by Crippen LogP contribution is -2.36. The van der Waals surface area contributed by atoms with Crippen LogP contribution in [-0.2, 0) is 13.6 Å². The van der Waals surface area contributed by atoms with Crippen LogP contribution in [0, 0.1) is 0 Å². The highest BCUT2D eigenvalue weighted by atomic mass is 79.9. The topological polar surface area (TPSA) is 38.1 Å². The van der Waals surface area contributed by atoms with Crippen LogP contribution in [0.5, 0.6) is 0 Å². The Kier molecular flexibility index (Phi) is 5.06. The Labute approximate surface area is 137 Å². The Hall–Kier alpha value is -1.33. The molecule has 0 saturated carbocycles. The molecule has 6 heteroatoms. The summed E-state index contributed by atoms with van der Waals surface area (Å²) < 4.78 is 2.67. The molecule has 0 N–H and O–H groups in total. The van der Waals surface area contributed by atoms with E-state index in [2.05, 4.69) is 20.9 Å². The van der Waals surface area contributed by atoms with Crippen molar-refractivity contribution in [2.45, 2.75) is 26.4 Å². The first-order chi connectivity index (χ1) is 9.86. The van der Waals surface area contributed by atoms with Crippen molar-refractivity contribution in [2.75, 3.05) is 0 Å². The van der Waals surface area contributed by atoms with E-state index in [1.54, 1.807) is 22.0 Å². The van der Waals surface area contributed by atoms with Crippen molar-refractivity contribution in [2.24, 2.45) is 7.05 Å². The van der Waals surface area contributed by atoms with Crippen LogP contribution in [0.2, 0.25) is 5.02 Å². The number of nitrogens with zero attached hydrogens (tertiary/aromatic N) is 3. The lowest BCUT2D eigenvalue weighted by atomic mass is 10.1. The molecule has 0 fully saturated rings. The number of benzene rings is 1. The molecule has 1 amide bonds. The summed E-state index contributed by atoms with van der Waals surface area (Å²) in [7, 11) is 1.84. The first kappa shape index (κ1) is 16.0. The van der Waals surface area contributed by atoms with E-state index in [1.165, 1.54) is 0 Å². The number of carbonyl (C=O) groups excluding carboxylic acids is 1. The van der Waals surface area contributed by atoms with Crippen LogP contribution >= 0.6 is 27.5 Å². The van der Waals surface area contributed by atoms with E-state index < -0.39 is 0 Å². The summed E-state index contributed by atoms with van der Waals surface area (Å²) in [4.78, 5) is 18.5. The quantitative estimate of drug-likeness (QED) is 0.819. The van der Waals surface area contributed by atoms with Gasteiger partial charge in [-0.25, -0.2) is 4.98 Å². The van der Waals surface area contributed by atoms with Gasteiger partial charge in [-0.15, -0.1) is 0 Å². The Bertz CT molecular complexity index is 634. The maximum Gasteiger partial charge on any atom is 0.274 e. The predicted octanol–water partition coefficient (Wildman–Crippen LogP) is 3.89. The van der Waals surface area contributed by atoms with E-state index in [-0.39, 0.29) is 11.9 Å². The van der Waals surface area contributed by atoms with Crippen LogP contribution in [0.25, 0.3) is 0 Å². The molecule has 0 unspecified atom stereocenters. The number of halogens is 2. The van der Waals surface area contributed by atoms with Crippen molar-refractivity contribution in [3.05, 3.63) is 51.5 Å². The molecular formula is C15H17BrClN3O. The van der Waals surface area contributed by atoms with Gasteiger partial charge in [0.25, 0.3) is 5.91 Å². The van der Waals surface area contributed by atoms with Crippen molar-refractivity contribution in [1.82, 2.24) is 14.5 Å². The van der Waals surface area contributed by atoms with E-state index >= 15 is 0 Å². The average Bonchev–Trinajstić information content (AvgIpc) is 2.80. The van der Waals surface area contributed by atoms with Crippen molar-refractivity contribution in [3.8, 4) is 0 Å². The zero-order chi connectivity index (χ0) is 15.6. The maximum atomic E-state index is 12.6. The summed E-state index contributed by atoms with van der Waals surface area (Å²) in [6.45, 7) is 4.47. The lowest BCUT2D eigenvalue weighted by Gasteiger charge is -2.26. The summed E-state index contributed by atoms with van der Waals surface area (Å²) in [5, 5.41) is 0.647. The van der Waals surface area contributed by atoms with Gasteiger partial charge in [0.15, 0.2) is 0 Å². The molecule has 1 aromatic heterocycles. The maximum absolute atomic E-state index is 12.6. The van der Waals surface area contributed by atoms with E-state index in [1.807, 2.05) is 39.1 Å². The summed E-state index contributed by atoms with van der Waals surface area (Å²) in [5.41, 5.74) is 1.43. The molecule has 0 aliphatic carbocycles. The molecule has 1 heterocycles. The van der Waals surface area contributed by atoms with Crippen LogP contribution in [0.3, 0.4) is 0 Å². The molecule has 0 aliphatic heterocycles. The summed E-state index contributed by atoms with van der Waals surface area (Å²) in [6.07, 6.45) is 3.35. The summed E-state index contributed by atoms with van der Waals surface area (Å²) in [6, 6.07) is 5.73. The zero-order valence-corrected chi connectivity index (χ0v) is 14.5. The molecule has 0 spiro atoms. The van der Waals surface area contributed by atoms with Crippen LogP contribution in [-0.4, -0.2) is 26.4 Å². The van der Waals surface area contributed by atoms with Crippen LogP contribution in [0.1, 0.15) is 29.9 Å². The van der Waals surface area contributed by atoms with Gasteiger partial charge in [-0.2, -0.15) is 0 Å². The van der Waals surface area contributed by atoms with Gasteiger partial charge in [-0.05, 0) is 37.6 Å². The minimum absolute atomic E-state index is 0.0669. The largest absolute Gasteiger partial charge is 0.340 e. The predicted molar refractivity (Wildman–Crippen MR) is 87.4 cm³/mol. The fraction of sp³-hybridized carbons (Fsp3) is 0.333. The monoisotopic (exact) mass is 369 g/mol. The molecule has 0 aliphatic rings.